The minimum absolute atomic E-state index is 0.109. The largest absolute Gasteiger partial charge is 0.299 e. The number of benzene rings is 1. The second-order valence-electron chi connectivity index (χ2n) is 5.65. The molecule has 1 aliphatic carbocycles. The average molecular weight is 306 g/mol. The highest BCUT2D eigenvalue weighted by Crippen LogP contribution is 2.30. The Kier molecular flexibility index (Phi) is 5.34. The van der Waals surface area contributed by atoms with Gasteiger partial charge in [-0.3, -0.25) is 4.79 Å². The van der Waals surface area contributed by atoms with Crippen molar-refractivity contribution in [1.29, 1.82) is 0 Å². The van der Waals surface area contributed by atoms with Gasteiger partial charge in [-0.25, -0.2) is 8.42 Å². The standard InChI is InChI=1S/C17H22O3S/c1-2-8-16(13-14-9-6-7-12-17(14)18)21(19,20)15-10-4-3-5-11-15/h2-5,10-11,14,16H,1,6-9,12-13H2. The third-order valence-electron chi connectivity index (χ3n) is 4.17. The van der Waals surface area contributed by atoms with Gasteiger partial charge in [0.05, 0.1) is 10.1 Å². The third kappa shape index (κ3) is 3.82. The minimum atomic E-state index is -3.41. The van der Waals surface area contributed by atoms with E-state index in [0.29, 0.717) is 24.2 Å². The number of allylic oxidation sites excluding steroid dienone is 1. The van der Waals surface area contributed by atoms with Gasteiger partial charge in [0.25, 0.3) is 0 Å². The number of Topliss-reactive ketones (excluding diaryl/α,β-unsaturated/α-hetero) is 1. The van der Waals surface area contributed by atoms with Crippen molar-refractivity contribution >= 4 is 15.6 Å². The lowest BCUT2D eigenvalue weighted by atomic mass is 9.84. The van der Waals surface area contributed by atoms with E-state index in [9.17, 15) is 13.2 Å². The Balaban J connectivity index is 2.22. The fourth-order valence-electron chi connectivity index (χ4n) is 2.96. The Morgan fingerprint density at radius 2 is 1.95 bits per heavy atom. The summed E-state index contributed by atoms with van der Waals surface area (Å²) in [6.07, 6.45) is 5.81. The number of carbonyl (C=O) groups excluding carboxylic acids is 1. The number of hydrogen-bond donors (Lipinski definition) is 0. The van der Waals surface area contributed by atoms with Gasteiger partial charge in [-0.1, -0.05) is 30.7 Å². The molecule has 4 heteroatoms. The summed E-state index contributed by atoms with van der Waals surface area (Å²) in [5.74, 6) is 0.112. The van der Waals surface area contributed by atoms with E-state index < -0.39 is 15.1 Å². The molecule has 2 unspecified atom stereocenters. The second kappa shape index (κ2) is 7.03. The van der Waals surface area contributed by atoms with Crippen LogP contribution in [-0.2, 0) is 14.6 Å². The Morgan fingerprint density at radius 3 is 2.57 bits per heavy atom. The molecule has 0 spiro atoms. The SMILES string of the molecule is C=CCC(CC1CCCCC1=O)S(=O)(=O)c1ccccc1. The van der Waals surface area contributed by atoms with Gasteiger partial charge in [0.15, 0.2) is 9.84 Å². The number of ketones is 1. The van der Waals surface area contributed by atoms with Gasteiger partial charge in [-0.2, -0.15) is 0 Å². The molecule has 1 aliphatic rings. The van der Waals surface area contributed by atoms with Crippen LogP contribution in [0.1, 0.15) is 38.5 Å². The van der Waals surface area contributed by atoms with Crippen LogP contribution < -0.4 is 0 Å². The predicted octanol–water partition coefficient (Wildman–Crippen LogP) is 3.55. The van der Waals surface area contributed by atoms with Crippen LogP contribution >= 0.6 is 0 Å². The molecule has 0 heterocycles. The molecule has 2 rings (SSSR count). The van der Waals surface area contributed by atoms with Gasteiger partial charge >= 0.3 is 0 Å². The molecule has 3 nitrogen and oxygen atoms in total. The number of carbonyl (C=O) groups is 1. The van der Waals surface area contributed by atoms with Crippen LogP contribution in [0.5, 0.6) is 0 Å². The predicted molar refractivity (Wildman–Crippen MR) is 83.8 cm³/mol. The maximum absolute atomic E-state index is 12.7. The first-order valence-corrected chi connectivity index (χ1v) is 9.03. The summed E-state index contributed by atoms with van der Waals surface area (Å²) in [6, 6.07) is 8.49. The quantitative estimate of drug-likeness (QED) is 0.755. The summed E-state index contributed by atoms with van der Waals surface area (Å²) in [6.45, 7) is 3.67. The van der Waals surface area contributed by atoms with Crippen molar-refractivity contribution in [3.8, 4) is 0 Å². The fraction of sp³-hybridized carbons (Fsp3) is 0.471. The van der Waals surface area contributed by atoms with Crippen molar-refractivity contribution in [2.75, 3.05) is 0 Å². The Hall–Kier alpha value is -1.42. The van der Waals surface area contributed by atoms with Crippen LogP contribution in [0.25, 0.3) is 0 Å². The van der Waals surface area contributed by atoms with Gasteiger partial charge in [0.2, 0.25) is 0 Å². The highest BCUT2D eigenvalue weighted by Gasteiger charge is 2.32. The number of sulfone groups is 1. The van der Waals surface area contributed by atoms with Crippen LogP contribution in [-0.4, -0.2) is 19.5 Å². The van der Waals surface area contributed by atoms with E-state index in [4.69, 9.17) is 0 Å². The second-order valence-corrected chi connectivity index (χ2v) is 7.88. The molecule has 114 valence electrons. The Morgan fingerprint density at radius 1 is 1.24 bits per heavy atom. The molecule has 2 atom stereocenters. The molecule has 1 fully saturated rings. The zero-order valence-electron chi connectivity index (χ0n) is 12.2. The smallest absolute Gasteiger partial charge is 0.181 e. The molecule has 0 aliphatic heterocycles. The van der Waals surface area contributed by atoms with Gasteiger partial charge in [0, 0.05) is 12.3 Å². The molecule has 1 saturated carbocycles. The van der Waals surface area contributed by atoms with Crippen LogP contribution in [0.15, 0.2) is 47.9 Å². The van der Waals surface area contributed by atoms with Crippen molar-refractivity contribution < 1.29 is 13.2 Å². The van der Waals surface area contributed by atoms with Crippen molar-refractivity contribution in [2.24, 2.45) is 5.92 Å². The topological polar surface area (TPSA) is 51.2 Å². The maximum Gasteiger partial charge on any atom is 0.181 e. The summed E-state index contributed by atoms with van der Waals surface area (Å²) < 4.78 is 25.5. The van der Waals surface area contributed by atoms with E-state index in [1.165, 1.54) is 0 Å². The van der Waals surface area contributed by atoms with E-state index in [1.807, 2.05) is 0 Å². The monoisotopic (exact) mass is 306 g/mol. The number of hydrogen-bond acceptors (Lipinski definition) is 3. The fourth-order valence-corrected chi connectivity index (χ4v) is 4.76. The lowest BCUT2D eigenvalue weighted by molar-refractivity contribution is -0.124. The van der Waals surface area contributed by atoms with Crippen LogP contribution in [0, 0.1) is 5.92 Å². The molecular formula is C17H22O3S. The molecule has 1 aromatic rings. The van der Waals surface area contributed by atoms with Crippen LogP contribution in [0.3, 0.4) is 0 Å². The average Bonchev–Trinajstić information content (AvgIpc) is 2.50. The van der Waals surface area contributed by atoms with E-state index in [0.717, 1.165) is 19.3 Å². The first-order valence-electron chi connectivity index (χ1n) is 7.48. The molecule has 0 bridgehead atoms. The maximum atomic E-state index is 12.7. The molecule has 0 saturated heterocycles. The minimum Gasteiger partial charge on any atom is -0.299 e. The van der Waals surface area contributed by atoms with E-state index in [-0.39, 0.29) is 11.7 Å². The third-order valence-corrected chi connectivity index (χ3v) is 6.36. The van der Waals surface area contributed by atoms with E-state index in [1.54, 1.807) is 36.4 Å². The lowest BCUT2D eigenvalue weighted by Crippen LogP contribution is -2.29. The molecule has 0 radical (unpaired) electrons. The van der Waals surface area contributed by atoms with Crippen LogP contribution in [0.2, 0.25) is 0 Å². The van der Waals surface area contributed by atoms with Gasteiger partial charge < -0.3 is 0 Å². The highest BCUT2D eigenvalue weighted by molar-refractivity contribution is 7.92. The van der Waals surface area contributed by atoms with Crippen LogP contribution in [0.4, 0.5) is 0 Å². The molecule has 0 amide bonds. The molecule has 21 heavy (non-hydrogen) atoms. The van der Waals surface area contributed by atoms with E-state index >= 15 is 0 Å². The van der Waals surface area contributed by atoms with Gasteiger partial charge in [-0.05, 0) is 37.8 Å². The number of rotatable bonds is 6. The molecule has 0 aromatic heterocycles. The normalized spacial score (nSPS) is 21.0. The lowest BCUT2D eigenvalue weighted by Gasteiger charge is -2.25. The van der Waals surface area contributed by atoms with Crippen molar-refractivity contribution in [1.82, 2.24) is 0 Å². The van der Waals surface area contributed by atoms with Gasteiger partial charge in [-0.15, -0.1) is 6.58 Å². The summed E-state index contributed by atoms with van der Waals surface area (Å²) in [4.78, 5) is 12.3. The molecule has 0 N–H and O–H groups in total. The van der Waals surface area contributed by atoms with Crippen molar-refractivity contribution in [2.45, 2.75) is 48.7 Å². The Bertz CT molecular complexity index is 590. The highest BCUT2D eigenvalue weighted by atomic mass is 32.2. The summed E-state index contributed by atoms with van der Waals surface area (Å²) >= 11 is 0. The summed E-state index contributed by atoms with van der Waals surface area (Å²) in [5, 5.41) is -0.551. The van der Waals surface area contributed by atoms with Crippen molar-refractivity contribution in [3.63, 3.8) is 0 Å². The summed E-state index contributed by atoms with van der Waals surface area (Å²) in [7, 11) is -3.41. The summed E-state index contributed by atoms with van der Waals surface area (Å²) in [5.41, 5.74) is 0. The van der Waals surface area contributed by atoms with E-state index in [2.05, 4.69) is 6.58 Å². The zero-order valence-corrected chi connectivity index (χ0v) is 13.0. The first kappa shape index (κ1) is 16.0. The first-order chi connectivity index (χ1) is 10.1. The zero-order chi connectivity index (χ0) is 15.3. The Labute approximate surface area is 127 Å². The molecule has 1 aromatic carbocycles. The van der Waals surface area contributed by atoms with Gasteiger partial charge in [0.1, 0.15) is 5.78 Å². The molecular weight excluding hydrogens is 284 g/mol. The van der Waals surface area contributed by atoms with Crippen molar-refractivity contribution in [3.05, 3.63) is 43.0 Å².